The summed E-state index contributed by atoms with van der Waals surface area (Å²) in [7, 11) is 0. The zero-order valence-electron chi connectivity index (χ0n) is 8.73. The fraction of sp³-hybridized carbons (Fsp3) is 0.600. The van der Waals surface area contributed by atoms with Gasteiger partial charge in [0.25, 0.3) is 0 Å². The highest BCUT2D eigenvalue weighted by atomic mass is 16.4. The van der Waals surface area contributed by atoms with Gasteiger partial charge in [0.15, 0.2) is 0 Å². The van der Waals surface area contributed by atoms with Gasteiger partial charge in [-0.2, -0.15) is 5.10 Å². The lowest BCUT2D eigenvalue weighted by molar-refractivity contribution is 0.0678. The van der Waals surface area contributed by atoms with Gasteiger partial charge in [0.1, 0.15) is 5.69 Å². The average Bonchev–Trinajstić information content (AvgIpc) is 2.61. The number of rotatable bonds is 2. The van der Waals surface area contributed by atoms with Crippen molar-refractivity contribution in [3.8, 4) is 0 Å². The molecule has 1 aliphatic heterocycles. The van der Waals surface area contributed by atoms with Gasteiger partial charge in [-0.3, -0.25) is 4.68 Å². The number of aromatic nitrogens is 2. The van der Waals surface area contributed by atoms with Gasteiger partial charge < -0.3 is 10.4 Å². The summed E-state index contributed by atoms with van der Waals surface area (Å²) in [6.07, 6.45) is 3.69. The van der Waals surface area contributed by atoms with Crippen LogP contribution in [0.25, 0.3) is 0 Å². The molecule has 0 saturated carbocycles. The van der Waals surface area contributed by atoms with Crippen LogP contribution in [0, 0.1) is 6.92 Å². The van der Waals surface area contributed by atoms with E-state index in [2.05, 4.69) is 10.4 Å². The zero-order valence-corrected chi connectivity index (χ0v) is 8.73. The fourth-order valence-corrected chi connectivity index (χ4v) is 2.03. The Labute approximate surface area is 88.1 Å². The van der Waals surface area contributed by atoms with Crippen molar-refractivity contribution in [2.24, 2.45) is 0 Å². The van der Waals surface area contributed by atoms with Crippen LogP contribution < -0.4 is 5.32 Å². The second-order valence-electron chi connectivity index (χ2n) is 3.93. The molecular weight excluding hydrogens is 194 g/mol. The predicted octanol–water partition coefficient (Wildman–Crippen LogP) is 0.814. The molecule has 0 aromatic carbocycles. The van der Waals surface area contributed by atoms with E-state index in [1.807, 2.05) is 0 Å². The third-order valence-electron chi connectivity index (χ3n) is 2.80. The second-order valence-corrected chi connectivity index (χ2v) is 3.93. The van der Waals surface area contributed by atoms with E-state index in [0.29, 0.717) is 5.69 Å². The van der Waals surface area contributed by atoms with Crippen LogP contribution in [-0.2, 0) is 0 Å². The summed E-state index contributed by atoms with van der Waals surface area (Å²) >= 11 is 0. The minimum Gasteiger partial charge on any atom is -0.477 e. The van der Waals surface area contributed by atoms with Crippen molar-refractivity contribution < 1.29 is 9.90 Å². The summed E-state index contributed by atoms with van der Waals surface area (Å²) in [6, 6.07) is 0.179. The Balaban J connectivity index is 2.30. The molecule has 1 atom stereocenters. The van der Waals surface area contributed by atoms with Crippen molar-refractivity contribution in [2.75, 3.05) is 13.1 Å². The van der Waals surface area contributed by atoms with Gasteiger partial charge in [-0.25, -0.2) is 4.79 Å². The van der Waals surface area contributed by atoms with Gasteiger partial charge >= 0.3 is 5.97 Å². The van der Waals surface area contributed by atoms with E-state index in [0.717, 1.165) is 31.5 Å². The van der Waals surface area contributed by atoms with Crippen molar-refractivity contribution in [2.45, 2.75) is 25.8 Å². The lowest BCUT2D eigenvalue weighted by Gasteiger charge is -2.24. The molecule has 2 N–H and O–H groups in total. The van der Waals surface area contributed by atoms with Crippen LogP contribution in [-0.4, -0.2) is 33.9 Å². The molecule has 0 bridgehead atoms. The number of carbonyl (C=O) groups is 1. The first-order valence-corrected chi connectivity index (χ1v) is 5.18. The number of aryl methyl sites for hydroxylation is 1. The molecule has 15 heavy (non-hydrogen) atoms. The number of piperidine rings is 1. The second kappa shape index (κ2) is 4.02. The largest absolute Gasteiger partial charge is 0.477 e. The minimum absolute atomic E-state index is 0.179. The number of nitrogens with zero attached hydrogens (tertiary/aromatic N) is 2. The summed E-state index contributed by atoms with van der Waals surface area (Å²) < 4.78 is 1.64. The van der Waals surface area contributed by atoms with Crippen molar-refractivity contribution in [3.63, 3.8) is 0 Å². The van der Waals surface area contributed by atoms with Crippen LogP contribution in [0.3, 0.4) is 0 Å². The van der Waals surface area contributed by atoms with E-state index in [4.69, 9.17) is 5.11 Å². The number of carboxylic acid groups (broad SMARTS) is 1. The highest BCUT2D eigenvalue weighted by Gasteiger charge is 2.22. The van der Waals surface area contributed by atoms with Crippen LogP contribution in [0.4, 0.5) is 0 Å². The first-order chi connectivity index (χ1) is 7.20. The van der Waals surface area contributed by atoms with Crippen LogP contribution in [0.5, 0.6) is 0 Å². The summed E-state index contributed by atoms with van der Waals surface area (Å²) in [6.45, 7) is 3.60. The summed E-state index contributed by atoms with van der Waals surface area (Å²) in [5.41, 5.74) is 1.05. The van der Waals surface area contributed by atoms with Gasteiger partial charge in [-0.1, -0.05) is 0 Å². The number of hydrogen-bond donors (Lipinski definition) is 2. The Morgan fingerprint density at radius 1 is 1.73 bits per heavy atom. The Bertz CT molecular complexity index is 367. The third-order valence-corrected chi connectivity index (χ3v) is 2.80. The lowest BCUT2D eigenvalue weighted by Crippen LogP contribution is -2.33. The molecule has 1 unspecified atom stereocenters. The molecule has 2 rings (SSSR count). The molecule has 0 radical (unpaired) electrons. The summed E-state index contributed by atoms with van der Waals surface area (Å²) in [5.74, 6) is -0.893. The van der Waals surface area contributed by atoms with Crippen LogP contribution in [0.1, 0.15) is 34.9 Å². The molecule has 1 fully saturated rings. The molecule has 1 saturated heterocycles. The first-order valence-electron chi connectivity index (χ1n) is 5.18. The molecular formula is C10H15N3O2. The predicted molar refractivity (Wildman–Crippen MR) is 55.1 cm³/mol. The monoisotopic (exact) mass is 209 g/mol. The van der Waals surface area contributed by atoms with Crippen LogP contribution in [0.2, 0.25) is 0 Å². The van der Waals surface area contributed by atoms with E-state index >= 15 is 0 Å². The van der Waals surface area contributed by atoms with E-state index in [9.17, 15) is 4.79 Å². The summed E-state index contributed by atoms with van der Waals surface area (Å²) in [4.78, 5) is 11.1. The Morgan fingerprint density at radius 3 is 3.13 bits per heavy atom. The zero-order chi connectivity index (χ0) is 10.8. The number of hydrogen-bond acceptors (Lipinski definition) is 3. The molecule has 0 spiro atoms. The highest BCUT2D eigenvalue weighted by Crippen LogP contribution is 2.19. The molecule has 0 aliphatic carbocycles. The van der Waals surface area contributed by atoms with E-state index < -0.39 is 5.97 Å². The standard InChI is InChI=1S/C10H15N3O2/c1-7-5-12-13(9(7)10(14)15)8-3-2-4-11-6-8/h5,8,11H,2-4,6H2,1H3,(H,14,15). The van der Waals surface area contributed by atoms with E-state index in [1.54, 1.807) is 17.8 Å². The van der Waals surface area contributed by atoms with Gasteiger partial charge in [0, 0.05) is 12.1 Å². The number of nitrogens with one attached hydrogen (secondary N) is 1. The maximum absolute atomic E-state index is 11.1. The summed E-state index contributed by atoms with van der Waals surface area (Å²) in [5, 5.41) is 16.5. The Morgan fingerprint density at radius 2 is 2.53 bits per heavy atom. The molecule has 5 heteroatoms. The quantitative estimate of drug-likeness (QED) is 0.756. The van der Waals surface area contributed by atoms with Gasteiger partial charge in [0.05, 0.1) is 12.2 Å². The topological polar surface area (TPSA) is 67.2 Å². The SMILES string of the molecule is Cc1cnn(C2CCCNC2)c1C(=O)O. The van der Waals surface area contributed by atoms with Crippen molar-refractivity contribution in [3.05, 3.63) is 17.5 Å². The van der Waals surface area contributed by atoms with E-state index in [-0.39, 0.29) is 6.04 Å². The average molecular weight is 209 g/mol. The number of carboxylic acids is 1. The molecule has 1 aromatic heterocycles. The fourth-order valence-electron chi connectivity index (χ4n) is 2.03. The van der Waals surface area contributed by atoms with Crippen molar-refractivity contribution >= 4 is 5.97 Å². The molecule has 1 aromatic rings. The van der Waals surface area contributed by atoms with Crippen LogP contribution >= 0.6 is 0 Å². The molecule has 2 heterocycles. The third kappa shape index (κ3) is 1.87. The van der Waals surface area contributed by atoms with Crippen molar-refractivity contribution in [1.29, 1.82) is 0 Å². The van der Waals surface area contributed by atoms with E-state index in [1.165, 1.54) is 0 Å². The normalized spacial score (nSPS) is 21.5. The highest BCUT2D eigenvalue weighted by molar-refractivity contribution is 5.87. The molecule has 0 amide bonds. The molecule has 5 nitrogen and oxygen atoms in total. The van der Waals surface area contributed by atoms with Gasteiger partial charge in [0.2, 0.25) is 0 Å². The maximum atomic E-state index is 11.1. The van der Waals surface area contributed by atoms with Crippen LogP contribution in [0.15, 0.2) is 6.20 Å². The Kier molecular flexibility index (Phi) is 2.73. The van der Waals surface area contributed by atoms with Gasteiger partial charge in [-0.05, 0) is 26.3 Å². The molecule has 1 aliphatic rings. The number of aromatic carboxylic acids is 1. The smallest absolute Gasteiger partial charge is 0.354 e. The minimum atomic E-state index is -0.893. The first kappa shape index (κ1) is 10.2. The molecule has 82 valence electrons. The Hall–Kier alpha value is -1.36. The van der Waals surface area contributed by atoms with Crippen molar-refractivity contribution in [1.82, 2.24) is 15.1 Å². The maximum Gasteiger partial charge on any atom is 0.354 e. The lowest BCUT2D eigenvalue weighted by atomic mass is 10.1. The van der Waals surface area contributed by atoms with Gasteiger partial charge in [-0.15, -0.1) is 0 Å².